The number of nitrogens with zero attached hydrogens (tertiary/aromatic N) is 2. The van der Waals surface area contributed by atoms with Crippen molar-refractivity contribution in [3.05, 3.63) is 15.6 Å². The van der Waals surface area contributed by atoms with Gasteiger partial charge < -0.3 is 15.4 Å². The van der Waals surface area contributed by atoms with Gasteiger partial charge in [-0.1, -0.05) is 13.8 Å². The summed E-state index contributed by atoms with van der Waals surface area (Å²) in [7, 11) is 1.79. The topological polar surface area (TPSA) is 58.5 Å². The normalized spacial score (nSPS) is 13.5. The van der Waals surface area contributed by atoms with Gasteiger partial charge in [0.1, 0.15) is 0 Å². The summed E-state index contributed by atoms with van der Waals surface area (Å²) in [6.07, 6.45) is 1.27. The zero-order valence-corrected chi connectivity index (χ0v) is 15.5. The third-order valence-corrected chi connectivity index (χ3v) is 4.56. The van der Waals surface area contributed by atoms with E-state index in [-0.39, 0.29) is 0 Å². The molecule has 1 aromatic rings. The molecule has 0 aliphatic carbocycles. The summed E-state index contributed by atoms with van der Waals surface area (Å²) >= 11 is 1.73. The third kappa shape index (κ3) is 6.32. The fourth-order valence-electron chi connectivity index (χ4n) is 2.28. The maximum Gasteiger partial charge on any atom is 0.191 e. The van der Waals surface area contributed by atoms with Crippen LogP contribution in [0, 0.1) is 19.8 Å². The molecule has 0 saturated carbocycles. The number of aromatic nitrogens is 1. The zero-order chi connectivity index (χ0) is 16.5. The van der Waals surface area contributed by atoms with E-state index in [4.69, 9.17) is 4.74 Å². The molecule has 2 N–H and O–H groups in total. The summed E-state index contributed by atoms with van der Waals surface area (Å²) < 4.78 is 5.76. The zero-order valence-electron chi connectivity index (χ0n) is 14.7. The highest BCUT2D eigenvalue weighted by atomic mass is 32.1. The van der Waals surface area contributed by atoms with Crippen LogP contribution in [0.3, 0.4) is 0 Å². The van der Waals surface area contributed by atoms with Gasteiger partial charge in [0.15, 0.2) is 5.96 Å². The highest BCUT2D eigenvalue weighted by molar-refractivity contribution is 7.11. The average molecular weight is 327 g/mol. The highest BCUT2D eigenvalue weighted by Gasteiger charge is 2.13. The number of aryl methyl sites for hydroxylation is 2. The quantitative estimate of drug-likeness (QED) is 0.570. The summed E-state index contributed by atoms with van der Waals surface area (Å²) in [6.45, 7) is 12.9. The third-order valence-electron chi connectivity index (χ3n) is 3.49. The molecule has 0 fully saturated rings. The Morgan fingerprint density at radius 1 is 1.32 bits per heavy atom. The van der Waals surface area contributed by atoms with E-state index in [0.717, 1.165) is 42.8 Å². The average Bonchev–Trinajstić information content (AvgIpc) is 2.79. The van der Waals surface area contributed by atoms with Crippen LogP contribution in [0.4, 0.5) is 0 Å². The van der Waals surface area contributed by atoms with Crippen molar-refractivity contribution in [1.29, 1.82) is 0 Å². The molecule has 0 aliphatic heterocycles. The number of hydrogen-bond donors (Lipinski definition) is 2. The van der Waals surface area contributed by atoms with Gasteiger partial charge in [0, 0.05) is 25.1 Å². The lowest BCUT2D eigenvalue weighted by Crippen LogP contribution is -2.38. The first-order valence-corrected chi connectivity index (χ1v) is 8.78. The standard InChI is InChI=1S/C16H30N4OS/c1-7-21-14(11(2)3)8-9-18-16(17-6)19-10-15-12(4)20-13(5)22-15/h11,14H,7-10H2,1-6H3,(H2,17,18,19). The van der Waals surface area contributed by atoms with Crippen LogP contribution in [0.25, 0.3) is 0 Å². The molecule has 0 aliphatic rings. The molecule has 5 nitrogen and oxygen atoms in total. The van der Waals surface area contributed by atoms with Crippen LogP contribution < -0.4 is 10.6 Å². The summed E-state index contributed by atoms with van der Waals surface area (Å²) in [6, 6.07) is 0. The Hall–Kier alpha value is -1.14. The molecule has 0 spiro atoms. The number of thiazole rings is 1. The maximum absolute atomic E-state index is 5.76. The predicted molar refractivity (Wildman–Crippen MR) is 94.7 cm³/mol. The van der Waals surface area contributed by atoms with E-state index in [2.05, 4.69) is 34.5 Å². The Balaban J connectivity index is 2.38. The lowest BCUT2D eigenvalue weighted by Gasteiger charge is -2.21. The van der Waals surface area contributed by atoms with Crippen LogP contribution in [-0.2, 0) is 11.3 Å². The molecule has 0 bridgehead atoms. The number of rotatable bonds is 8. The molecule has 126 valence electrons. The predicted octanol–water partition coefficient (Wildman–Crippen LogP) is 2.88. The summed E-state index contributed by atoms with van der Waals surface area (Å²) in [5.41, 5.74) is 1.10. The van der Waals surface area contributed by atoms with Gasteiger partial charge in [-0.25, -0.2) is 4.98 Å². The van der Waals surface area contributed by atoms with Crippen molar-refractivity contribution in [2.45, 2.75) is 53.7 Å². The number of guanidine groups is 1. The molecule has 6 heteroatoms. The molecule has 1 aromatic heterocycles. The van der Waals surface area contributed by atoms with E-state index < -0.39 is 0 Å². The first-order chi connectivity index (χ1) is 10.5. The van der Waals surface area contributed by atoms with Gasteiger partial charge in [0.05, 0.1) is 23.4 Å². The molecule has 0 radical (unpaired) electrons. The second kappa shape index (κ2) is 9.79. The second-order valence-corrected chi connectivity index (χ2v) is 6.91. The molecule has 1 unspecified atom stereocenters. The highest BCUT2D eigenvalue weighted by Crippen LogP contribution is 2.16. The van der Waals surface area contributed by atoms with Crippen molar-refractivity contribution in [3.8, 4) is 0 Å². The Morgan fingerprint density at radius 2 is 2.05 bits per heavy atom. The van der Waals surface area contributed by atoms with Crippen LogP contribution >= 0.6 is 11.3 Å². The number of hydrogen-bond acceptors (Lipinski definition) is 4. The first kappa shape index (κ1) is 18.9. The smallest absolute Gasteiger partial charge is 0.191 e. The van der Waals surface area contributed by atoms with E-state index in [1.165, 1.54) is 4.88 Å². The summed E-state index contributed by atoms with van der Waals surface area (Å²) in [4.78, 5) is 9.97. The van der Waals surface area contributed by atoms with Gasteiger partial charge in [-0.05, 0) is 33.1 Å². The summed E-state index contributed by atoms with van der Waals surface area (Å²) in [5.74, 6) is 1.35. The monoisotopic (exact) mass is 326 g/mol. The Morgan fingerprint density at radius 3 is 2.55 bits per heavy atom. The van der Waals surface area contributed by atoms with E-state index in [1.807, 2.05) is 20.8 Å². The number of aliphatic imine (C=N–C) groups is 1. The molecule has 0 aromatic carbocycles. The molecular formula is C16H30N4OS. The van der Waals surface area contributed by atoms with Gasteiger partial charge in [0.2, 0.25) is 0 Å². The van der Waals surface area contributed by atoms with Crippen LogP contribution in [0.5, 0.6) is 0 Å². The number of ether oxygens (including phenoxy) is 1. The minimum atomic E-state index is 0.294. The van der Waals surface area contributed by atoms with Gasteiger partial charge >= 0.3 is 0 Å². The fraction of sp³-hybridized carbons (Fsp3) is 0.750. The molecule has 1 heterocycles. The van der Waals surface area contributed by atoms with E-state index in [1.54, 1.807) is 18.4 Å². The second-order valence-electron chi connectivity index (χ2n) is 5.62. The Bertz CT molecular complexity index is 471. The van der Waals surface area contributed by atoms with E-state index >= 15 is 0 Å². The molecule has 0 amide bonds. The molecule has 1 rings (SSSR count). The van der Waals surface area contributed by atoms with Crippen molar-refractivity contribution in [1.82, 2.24) is 15.6 Å². The van der Waals surface area contributed by atoms with E-state index in [9.17, 15) is 0 Å². The van der Waals surface area contributed by atoms with Gasteiger partial charge in [-0.3, -0.25) is 4.99 Å². The lowest BCUT2D eigenvalue weighted by atomic mass is 10.0. The summed E-state index contributed by atoms with van der Waals surface area (Å²) in [5, 5.41) is 7.80. The minimum absolute atomic E-state index is 0.294. The molecule has 22 heavy (non-hydrogen) atoms. The van der Waals surface area contributed by atoms with Crippen molar-refractivity contribution in [2.75, 3.05) is 20.2 Å². The van der Waals surface area contributed by atoms with Crippen molar-refractivity contribution >= 4 is 17.3 Å². The minimum Gasteiger partial charge on any atom is -0.378 e. The van der Waals surface area contributed by atoms with Crippen molar-refractivity contribution in [3.63, 3.8) is 0 Å². The number of nitrogens with one attached hydrogen (secondary N) is 2. The first-order valence-electron chi connectivity index (χ1n) is 7.96. The van der Waals surface area contributed by atoms with Crippen LogP contribution in [0.2, 0.25) is 0 Å². The van der Waals surface area contributed by atoms with Crippen LogP contribution in [0.15, 0.2) is 4.99 Å². The molecule has 0 saturated heterocycles. The van der Waals surface area contributed by atoms with Crippen LogP contribution in [-0.4, -0.2) is 37.2 Å². The van der Waals surface area contributed by atoms with Crippen LogP contribution in [0.1, 0.15) is 42.8 Å². The SMILES string of the molecule is CCOC(CCNC(=NC)NCc1sc(C)nc1C)C(C)C. The molecule has 1 atom stereocenters. The van der Waals surface area contributed by atoms with Gasteiger partial charge in [-0.15, -0.1) is 11.3 Å². The van der Waals surface area contributed by atoms with Gasteiger partial charge in [0.25, 0.3) is 0 Å². The Labute approximate surface area is 138 Å². The van der Waals surface area contributed by atoms with Crippen molar-refractivity contribution < 1.29 is 4.74 Å². The fourth-order valence-corrected chi connectivity index (χ4v) is 3.15. The van der Waals surface area contributed by atoms with E-state index in [0.29, 0.717) is 12.0 Å². The lowest BCUT2D eigenvalue weighted by molar-refractivity contribution is 0.0258. The maximum atomic E-state index is 5.76. The molecular weight excluding hydrogens is 296 g/mol. The largest absolute Gasteiger partial charge is 0.378 e. The Kier molecular flexibility index (Phi) is 8.42. The van der Waals surface area contributed by atoms with Gasteiger partial charge in [-0.2, -0.15) is 0 Å². The van der Waals surface area contributed by atoms with Crippen molar-refractivity contribution in [2.24, 2.45) is 10.9 Å².